The van der Waals surface area contributed by atoms with E-state index in [0.29, 0.717) is 12.4 Å². The number of aryl methyl sites for hydroxylation is 1. The van der Waals surface area contributed by atoms with Crippen LogP contribution in [0.2, 0.25) is 0 Å². The highest BCUT2D eigenvalue weighted by Crippen LogP contribution is 2.33. The van der Waals surface area contributed by atoms with E-state index in [-0.39, 0.29) is 23.0 Å². The number of nitrogens with zero attached hydrogens (tertiary/aromatic N) is 2. The maximum absolute atomic E-state index is 13.9. The van der Waals surface area contributed by atoms with E-state index in [1.165, 1.54) is 24.1 Å². The molecule has 3 aromatic carbocycles. The summed E-state index contributed by atoms with van der Waals surface area (Å²) in [5, 5.41) is 2.57. The van der Waals surface area contributed by atoms with Crippen molar-refractivity contribution in [1.82, 2.24) is 10.2 Å². The lowest BCUT2D eigenvalue weighted by Crippen LogP contribution is -2.50. The Morgan fingerprint density at radius 1 is 0.946 bits per heavy atom. The van der Waals surface area contributed by atoms with E-state index in [2.05, 4.69) is 5.32 Å². The molecule has 1 N–H and O–H groups in total. The van der Waals surface area contributed by atoms with Gasteiger partial charge in [-0.15, -0.1) is 0 Å². The molecule has 0 saturated heterocycles. The molecule has 3 rings (SSSR count). The van der Waals surface area contributed by atoms with Gasteiger partial charge in [0, 0.05) is 13.6 Å². The Bertz CT molecular complexity index is 1310. The summed E-state index contributed by atoms with van der Waals surface area (Å²) in [5.74, 6) is -0.545. The predicted molar refractivity (Wildman–Crippen MR) is 144 cm³/mol. The first kappa shape index (κ1) is 27.7. The number of hydrogen-bond acceptors (Lipinski definition) is 5. The molecule has 2 amide bonds. The number of carbonyl (C=O) groups excluding carboxylic acids is 2. The molecule has 0 heterocycles. The normalized spacial score (nSPS) is 11.9. The first-order chi connectivity index (χ1) is 17.7. The minimum atomic E-state index is -4.16. The number of hydrogen-bond donors (Lipinski definition) is 1. The van der Waals surface area contributed by atoms with Crippen molar-refractivity contribution >= 4 is 27.5 Å². The molecular formula is C28H33N3O5S. The van der Waals surface area contributed by atoms with Crippen LogP contribution in [0.5, 0.6) is 5.75 Å². The highest BCUT2D eigenvalue weighted by molar-refractivity contribution is 7.92. The molecule has 0 aliphatic carbocycles. The van der Waals surface area contributed by atoms with Crippen LogP contribution in [-0.2, 0) is 26.2 Å². The Morgan fingerprint density at radius 3 is 2.19 bits per heavy atom. The quantitative estimate of drug-likeness (QED) is 0.413. The zero-order valence-electron chi connectivity index (χ0n) is 21.5. The summed E-state index contributed by atoms with van der Waals surface area (Å²) in [6, 6.07) is 21.5. The zero-order chi connectivity index (χ0) is 27.0. The number of para-hydroxylation sites is 2. The van der Waals surface area contributed by atoms with Crippen molar-refractivity contribution in [2.45, 2.75) is 38.3 Å². The second-order valence-electron chi connectivity index (χ2n) is 8.52. The van der Waals surface area contributed by atoms with E-state index in [1.807, 2.05) is 37.3 Å². The number of carbonyl (C=O) groups is 2. The molecule has 8 nitrogen and oxygen atoms in total. The van der Waals surface area contributed by atoms with Crippen LogP contribution in [0, 0.1) is 6.92 Å². The first-order valence-electron chi connectivity index (χ1n) is 12.0. The van der Waals surface area contributed by atoms with Gasteiger partial charge in [0.05, 0.1) is 17.2 Å². The minimum absolute atomic E-state index is 0.0474. The molecule has 196 valence electrons. The smallest absolute Gasteiger partial charge is 0.264 e. The standard InChI is InChI=1S/C28H33N3O5S/c1-5-36-26-14-10-9-13-25(26)31(37(34,35)24-17-15-21(2)16-18-24)20-27(32)30(22(3)28(33)29-4)19-23-11-7-6-8-12-23/h6-18,22H,5,19-20H2,1-4H3,(H,29,33)/t22-/m0/s1. The summed E-state index contributed by atoms with van der Waals surface area (Å²) >= 11 is 0. The molecule has 3 aromatic rings. The van der Waals surface area contributed by atoms with E-state index in [0.717, 1.165) is 15.4 Å². The van der Waals surface area contributed by atoms with Gasteiger partial charge >= 0.3 is 0 Å². The van der Waals surface area contributed by atoms with E-state index in [1.54, 1.807) is 50.2 Å². The Hall–Kier alpha value is -3.85. The first-order valence-corrected chi connectivity index (χ1v) is 13.5. The number of sulfonamides is 1. The summed E-state index contributed by atoms with van der Waals surface area (Å²) in [4.78, 5) is 27.8. The molecule has 0 bridgehead atoms. The van der Waals surface area contributed by atoms with Crippen molar-refractivity contribution in [3.8, 4) is 5.75 Å². The Labute approximate surface area is 218 Å². The molecule has 0 aromatic heterocycles. The molecule has 0 aliphatic heterocycles. The van der Waals surface area contributed by atoms with Crippen LogP contribution in [0.4, 0.5) is 5.69 Å². The van der Waals surface area contributed by atoms with Crippen molar-refractivity contribution in [2.75, 3.05) is 24.5 Å². The lowest BCUT2D eigenvalue weighted by molar-refractivity contribution is -0.139. The van der Waals surface area contributed by atoms with Crippen LogP contribution in [-0.4, -0.2) is 51.4 Å². The Morgan fingerprint density at radius 2 is 1.57 bits per heavy atom. The van der Waals surface area contributed by atoms with E-state index < -0.39 is 28.5 Å². The molecule has 37 heavy (non-hydrogen) atoms. The molecule has 0 saturated carbocycles. The molecule has 0 aliphatic rings. The van der Waals surface area contributed by atoms with Gasteiger partial charge < -0.3 is 15.0 Å². The van der Waals surface area contributed by atoms with Crippen molar-refractivity contribution in [2.24, 2.45) is 0 Å². The lowest BCUT2D eigenvalue weighted by atomic mass is 10.1. The van der Waals surface area contributed by atoms with Gasteiger partial charge in [-0.25, -0.2) is 8.42 Å². The van der Waals surface area contributed by atoms with Crippen molar-refractivity contribution in [3.63, 3.8) is 0 Å². The molecule has 0 fully saturated rings. The number of rotatable bonds is 11. The van der Waals surface area contributed by atoms with E-state index in [9.17, 15) is 18.0 Å². The van der Waals surface area contributed by atoms with Crippen LogP contribution in [0.3, 0.4) is 0 Å². The number of amides is 2. The third-order valence-electron chi connectivity index (χ3n) is 5.93. The minimum Gasteiger partial charge on any atom is -0.492 e. The van der Waals surface area contributed by atoms with Crippen molar-refractivity contribution in [3.05, 3.63) is 90.0 Å². The topological polar surface area (TPSA) is 96.0 Å². The van der Waals surface area contributed by atoms with Crippen molar-refractivity contribution in [1.29, 1.82) is 0 Å². The molecule has 0 unspecified atom stereocenters. The summed E-state index contributed by atoms with van der Waals surface area (Å²) in [6.45, 7) is 5.22. The SMILES string of the molecule is CCOc1ccccc1N(CC(=O)N(Cc1ccccc1)[C@@H](C)C(=O)NC)S(=O)(=O)c1ccc(C)cc1. The fourth-order valence-electron chi connectivity index (χ4n) is 3.86. The number of ether oxygens (including phenoxy) is 1. The third-order valence-corrected chi connectivity index (χ3v) is 7.71. The second-order valence-corrected chi connectivity index (χ2v) is 10.4. The van der Waals surface area contributed by atoms with Gasteiger partial charge in [-0.2, -0.15) is 0 Å². The third kappa shape index (κ3) is 6.68. The van der Waals surface area contributed by atoms with Gasteiger partial charge in [0.2, 0.25) is 11.8 Å². The van der Waals surface area contributed by atoms with Gasteiger partial charge in [-0.1, -0.05) is 60.2 Å². The van der Waals surface area contributed by atoms with E-state index in [4.69, 9.17) is 4.74 Å². The van der Waals surface area contributed by atoms with Gasteiger partial charge in [-0.05, 0) is 50.6 Å². The molecule has 0 radical (unpaired) electrons. The fraction of sp³-hybridized carbons (Fsp3) is 0.286. The molecule has 0 spiro atoms. The molecule has 1 atom stereocenters. The second kappa shape index (κ2) is 12.4. The zero-order valence-corrected chi connectivity index (χ0v) is 22.4. The lowest BCUT2D eigenvalue weighted by Gasteiger charge is -2.32. The maximum atomic E-state index is 13.9. The highest BCUT2D eigenvalue weighted by atomic mass is 32.2. The van der Waals surface area contributed by atoms with Crippen LogP contribution in [0.15, 0.2) is 83.8 Å². The predicted octanol–water partition coefficient (Wildman–Crippen LogP) is 3.75. The van der Waals surface area contributed by atoms with Gasteiger partial charge in [0.15, 0.2) is 0 Å². The fourth-order valence-corrected chi connectivity index (χ4v) is 5.29. The molecule has 9 heteroatoms. The van der Waals surface area contributed by atoms with Gasteiger partial charge in [0.1, 0.15) is 18.3 Å². The number of benzene rings is 3. The monoisotopic (exact) mass is 523 g/mol. The van der Waals surface area contributed by atoms with Crippen LogP contribution >= 0.6 is 0 Å². The summed E-state index contributed by atoms with van der Waals surface area (Å²) in [5.41, 5.74) is 1.96. The summed E-state index contributed by atoms with van der Waals surface area (Å²) in [7, 11) is -2.66. The summed E-state index contributed by atoms with van der Waals surface area (Å²) in [6.07, 6.45) is 0. The number of anilines is 1. The largest absolute Gasteiger partial charge is 0.492 e. The van der Waals surface area contributed by atoms with Gasteiger partial charge in [-0.3, -0.25) is 13.9 Å². The average molecular weight is 524 g/mol. The Kier molecular flexibility index (Phi) is 9.30. The van der Waals surface area contributed by atoms with Crippen LogP contribution in [0.25, 0.3) is 0 Å². The average Bonchev–Trinajstić information content (AvgIpc) is 2.90. The van der Waals surface area contributed by atoms with Crippen molar-refractivity contribution < 1.29 is 22.7 Å². The number of nitrogens with one attached hydrogen (secondary N) is 1. The molecular weight excluding hydrogens is 490 g/mol. The van der Waals surface area contributed by atoms with Gasteiger partial charge in [0.25, 0.3) is 10.0 Å². The summed E-state index contributed by atoms with van der Waals surface area (Å²) < 4.78 is 34.6. The van der Waals surface area contributed by atoms with Crippen LogP contribution < -0.4 is 14.4 Å². The van der Waals surface area contributed by atoms with E-state index >= 15 is 0 Å². The van der Waals surface area contributed by atoms with Crippen LogP contribution in [0.1, 0.15) is 25.0 Å². The highest BCUT2D eigenvalue weighted by Gasteiger charge is 2.33. The Balaban J connectivity index is 2.08. The number of likely N-dealkylation sites (N-methyl/N-ethyl adjacent to an activating group) is 1. The maximum Gasteiger partial charge on any atom is 0.264 e.